The van der Waals surface area contributed by atoms with Crippen LogP contribution in [0.2, 0.25) is 0 Å². The number of fused-ring (bicyclic) bond motifs is 1. The number of amides is 3. The van der Waals surface area contributed by atoms with Crippen LogP contribution < -0.4 is 15.0 Å². The lowest BCUT2D eigenvalue weighted by Gasteiger charge is -2.16. The molecule has 5 nitrogen and oxygen atoms in total. The molecule has 0 radical (unpaired) electrons. The number of halogens is 1. The summed E-state index contributed by atoms with van der Waals surface area (Å²) in [6, 6.07) is 0.532. The van der Waals surface area contributed by atoms with E-state index in [1.807, 2.05) is 11.8 Å². The molecule has 0 aromatic heterocycles. The molecule has 0 aliphatic carbocycles. The van der Waals surface area contributed by atoms with Crippen LogP contribution in [0.25, 0.3) is 0 Å². The van der Waals surface area contributed by atoms with Gasteiger partial charge in [0.1, 0.15) is 0 Å². The van der Waals surface area contributed by atoms with Gasteiger partial charge < -0.3 is 10.6 Å². The summed E-state index contributed by atoms with van der Waals surface area (Å²) in [6.07, 6.45) is 3.54. The average Bonchev–Trinajstić information content (AvgIpc) is 2.84. The maximum atomic E-state index is 11.2. The van der Waals surface area contributed by atoms with E-state index in [-0.39, 0.29) is 18.0 Å². The standard InChI is InChI=1S/C10H16BrN3O2S/c11-14-8(15)4-2-1-3-7-9-6(5-17-7)12-10(16)13-9/h6-7,9H,1-5H2,(H,14,15)(H2,12,13,16)/t6-,7-,9-/m0/s1. The molecular formula is C10H16BrN3O2S. The maximum Gasteiger partial charge on any atom is 0.315 e. The highest BCUT2D eigenvalue weighted by atomic mass is 79.9. The van der Waals surface area contributed by atoms with Crippen molar-refractivity contribution in [1.29, 1.82) is 0 Å². The fraction of sp³-hybridized carbons (Fsp3) is 0.800. The smallest absolute Gasteiger partial charge is 0.315 e. The van der Waals surface area contributed by atoms with Gasteiger partial charge in [-0.3, -0.25) is 9.14 Å². The molecule has 2 rings (SSSR count). The topological polar surface area (TPSA) is 70.2 Å². The zero-order chi connectivity index (χ0) is 12.3. The number of hydrogen-bond acceptors (Lipinski definition) is 3. The van der Waals surface area contributed by atoms with E-state index in [1.54, 1.807) is 0 Å². The molecule has 0 saturated carbocycles. The van der Waals surface area contributed by atoms with Gasteiger partial charge in [-0.1, -0.05) is 6.42 Å². The van der Waals surface area contributed by atoms with Crippen molar-refractivity contribution in [3.63, 3.8) is 0 Å². The van der Waals surface area contributed by atoms with E-state index in [0.717, 1.165) is 25.0 Å². The van der Waals surface area contributed by atoms with Crippen LogP contribution in [0.1, 0.15) is 25.7 Å². The quantitative estimate of drug-likeness (QED) is 0.404. The summed E-state index contributed by atoms with van der Waals surface area (Å²) in [5.74, 6) is 1.02. The number of rotatable bonds is 5. The lowest BCUT2D eigenvalue weighted by Crippen LogP contribution is -2.36. The van der Waals surface area contributed by atoms with Crippen molar-refractivity contribution >= 4 is 39.8 Å². The second-order valence-corrected chi connectivity index (χ2v) is 6.05. The maximum absolute atomic E-state index is 11.2. The highest BCUT2D eigenvalue weighted by Crippen LogP contribution is 2.33. The van der Waals surface area contributed by atoms with Gasteiger partial charge in [-0.25, -0.2) is 4.79 Å². The molecule has 2 heterocycles. The molecule has 96 valence electrons. The van der Waals surface area contributed by atoms with E-state index in [2.05, 4.69) is 31.1 Å². The second kappa shape index (κ2) is 5.95. The molecule has 3 amide bonds. The van der Waals surface area contributed by atoms with E-state index in [9.17, 15) is 9.59 Å². The summed E-state index contributed by atoms with van der Waals surface area (Å²) in [5, 5.41) is 6.38. The molecule has 7 heteroatoms. The van der Waals surface area contributed by atoms with Crippen LogP contribution in [0.3, 0.4) is 0 Å². The summed E-state index contributed by atoms with van der Waals surface area (Å²) in [4.78, 5) is 22.2. The van der Waals surface area contributed by atoms with Gasteiger partial charge in [0.25, 0.3) is 0 Å². The van der Waals surface area contributed by atoms with Crippen LogP contribution in [0.5, 0.6) is 0 Å². The van der Waals surface area contributed by atoms with E-state index in [1.165, 1.54) is 0 Å². The largest absolute Gasteiger partial charge is 0.332 e. The van der Waals surface area contributed by atoms with E-state index in [0.29, 0.717) is 17.7 Å². The Bertz CT molecular complexity index is 316. The Hall–Kier alpha value is -0.430. The minimum absolute atomic E-state index is 0.0257. The lowest BCUT2D eigenvalue weighted by atomic mass is 10.0. The summed E-state index contributed by atoms with van der Waals surface area (Å²) in [5.41, 5.74) is 0. The molecule has 2 saturated heterocycles. The Morgan fingerprint density at radius 1 is 1.47 bits per heavy atom. The third-order valence-corrected chi connectivity index (χ3v) is 5.14. The molecular weight excluding hydrogens is 306 g/mol. The van der Waals surface area contributed by atoms with Gasteiger partial charge in [0.2, 0.25) is 5.91 Å². The van der Waals surface area contributed by atoms with Gasteiger partial charge in [-0.05, 0) is 12.8 Å². The molecule has 0 aromatic rings. The summed E-state index contributed by atoms with van der Waals surface area (Å²) >= 11 is 4.83. The molecule has 3 atom stereocenters. The minimum atomic E-state index is -0.0380. The molecule has 0 spiro atoms. The number of nitrogens with one attached hydrogen (secondary N) is 3. The highest BCUT2D eigenvalue weighted by Gasteiger charge is 2.42. The van der Waals surface area contributed by atoms with Gasteiger partial charge in [-0.15, -0.1) is 0 Å². The van der Waals surface area contributed by atoms with Gasteiger partial charge >= 0.3 is 6.03 Å². The van der Waals surface area contributed by atoms with Crippen molar-refractivity contribution < 1.29 is 9.59 Å². The first kappa shape index (κ1) is 13.0. The van der Waals surface area contributed by atoms with Crippen molar-refractivity contribution in [2.24, 2.45) is 0 Å². The van der Waals surface area contributed by atoms with Crippen molar-refractivity contribution in [2.45, 2.75) is 43.0 Å². The predicted molar refractivity (Wildman–Crippen MR) is 71.0 cm³/mol. The van der Waals surface area contributed by atoms with Crippen molar-refractivity contribution in [1.82, 2.24) is 15.0 Å². The Labute approximate surface area is 113 Å². The van der Waals surface area contributed by atoms with Crippen LogP contribution in [0, 0.1) is 0 Å². The van der Waals surface area contributed by atoms with E-state index < -0.39 is 0 Å². The van der Waals surface area contributed by atoms with Crippen molar-refractivity contribution in [2.75, 3.05) is 5.75 Å². The fourth-order valence-electron chi connectivity index (χ4n) is 2.32. The van der Waals surface area contributed by atoms with Gasteiger partial charge in [0, 0.05) is 33.6 Å². The lowest BCUT2D eigenvalue weighted by molar-refractivity contribution is -0.119. The monoisotopic (exact) mass is 321 g/mol. The zero-order valence-corrected chi connectivity index (χ0v) is 11.8. The molecule has 0 unspecified atom stereocenters. The van der Waals surface area contributed by atoms with Gasteiger partial charge in [0.15, 0.2) is 0 Å². The summed E-state index contributed by atoms with van der Waals surface area (Å²) in [7, 11) is 0. The Balaban J connectivity index is 1.66. The summed E-state index contributed by atoms with van der Waals surface area (Å²) in [6.45, 7) is 0. The van der Waals surface area contributed by atoms with Crippen LogP contribution in [0.4, 0.5) is 4.79 Å². The molecule has 3 N–H and O–H groups in total. The normalized spacial score (nSPS) is 30.6. The second-order valence-electron chi connectivity index (χ2n) is 4.39. The Morgan fingerprint density at radius 2 is 2.29 bits per heavy atom. The summed E-state index contributed by atoms with van der Waals surface area (Å²) < 4.78 is 2.44. The Kier molecular flexibility index (Phi) is 4.55. The van der Waals surface area contributed by atoms with Crippen LogP contribution >= 0.6 is 27.9 Å². The first-order valence-corrected chi connectivity index (χ1v) is 7.63. The number of unbranched alkanes of at least 4 members (excludes halogenated alkanes) is 1. The highest BCUT2D eigenvalue weighted by molar-refractivity contribution is 9.08. The minimum Gasteiger partial charge on any atom is -0.332 e. The van der Waals surface area contributed by atoms with Crippen LogP contribution in [-0.2, 0) is 4.79 Å². The van der Waals surface area contributed by atoms with Crippen molar-refractivity contribution in [3.05, 3.63) is 0 Å². The van der Waals surface area contributed by atoms with E-state index >= 15 is 0 Å². The SMILES string of the molecule is O=C(CCCC[C@@H]1SC[C@@H]2NC(=O)N[C@@H]21)NBr. The van der Waals surface area contributed by atoms with Gasteiger partial charge in [0.05, 0.1) is 12.1 Å². The first-order valence-electron chi connectivity index (χ1n) is 5.79. The molecule has 17 heavy (non-hydrogen) atoms. The van der Waals surface area contributed by atoms with Crippen LogP contribution in [0.15, 0.2) is 0 Å². The fourth-order valence-corrected chi connectivity index (χ4v) is 4.06. The molecule has 2 fully saturated rings. The van der Waals surface area contributed by atoms with Crippen molar-refractivity contribution in [3.8, 4) is 0 Å². The number of carbonyl (C=O) groups excluding carboxylic acids is 2. The van der Waals surface area contributed by atoms with Gasteiger partial charge in [-0.2, -0.15) is 11.8 Å². The van der Waals surface area contributed by atoms with Crippen LogP contribution in [-0.4, -0.2) is 35.0 Å². The average molecular weight is 322 g/mol. The third kappa shape index (κ3) is 3.28. The number of carbonyl (C=O) groups is 2. The number of hydrogen-bond donors (Lipinski definition) is 3. The molecule has 0 bridgehead atoms. The Morgan fingerprint density at radius 3 is 3.06 bits per heavy atom. The predicted octanol–water partition coefficient (Wildman–Crippen LogP) is 1.14. The third-order valence-electron chi connectivity index (χ3n) is 3.19. The van der Waals surface area contributed by atoms with E-state index in [4.69, 9.17) is 0 Å². The molecule has 0 aromatic carbocycles. The zero-order valence-electron chi connectivity index (χ0n) is 9.37. The number of thioether (sulfide) groups is 1. The first-order chi connectivity index (χ1) is 8.20. The number of urea groups is 1. The molecule has 2 aliphatic heterocycles. The molecule has 2 aliphatic rings.